The van der Waals surface area contributed by atoms with Crippen molar-refractivity contribution < 1.29 is 56.1 Å². The molecule has 1 fully saturated rings. The van der Waals surface area contributed by atoms with Gasteiger partial charge in [-0.25, -0.2) is 4.57 Å². The van der Waals surface area contributed by atoms with Crippen molar-refractivity contribution in [3.63, 3.8) is 0 Å². The Morgan fingerprint density at radius 3 is 1.00 bits per heavy atom. The third kappa shape index (κ3) is 15.1. The van der Waals surface area contributed by atoms with Crippen LogP contribution in [0.3, 0.4) is 0 Å². The number of phosphoric ester groups is 1. The number of esters is 1. The van der Waals surface area contributed by atoms with Crippen LogP contribution in [0, 0.1) is 0 Å². The number of carbonyl (C=O) groups is 1. The summed E-state index contributed by atoms with van der Waals surface area (Å²) in [7, 11) is -4.57. The lowest BCUT2D eigenvalue weighted by Crippen LogP contribution is -2.67. The Balaban J connectivity index is 1.29. The van der Waals surface area contributed by atoms with E-state index >= 15 is 4.57 Å². The normalized spacial score (nSPS) is 19.7. The van der Waals surface area contributed by atoms with E-state index in [9.17, 15) is 4.79 Å². The number of ether oxygens (including phenoxy) is 7. The zero-order valence-electron chi connectivity index (χ0n) is 36.3. The number of benzene rings is 6. The van der Waals surface area contributed by atoms with Gasteiger partial charge in [0, 0.05) is 6.92 Å². The number of phosphoric acid groups is 1. The fourth-order valence-corrected chi connectivity index (χ4v) is 8.63. The molecule has 340 valence electrons. The summed E-state index contributed by atoms with van der Waals surface area (Å²) in [5.41, 5.74) is 4.97. The van der Waals surface area contributed by atoms with E-state index in [-0.39, 0.29) is 53.2 Å². The second-order valence-electron chi connectivity index (χ2n) is 15.3. The fourth-order valence-electron chi connectivity index (χ4n) is 7.28. The van der Waals surface area contributed by atoms with E-state index in [1.807, 2.05) is 182 Å². The first-order chi connectivity index (χ1) is 31.9. The minimum atomic E-state index is -4.57. The lowest BCUT2D eigenvalue weighted by atomic mass is 9.84. The molecule has 6 aromatic rings. The summed E-state index contributed by atoms with van der Waals surface area (Å²) in [5.74, 6) is -0.612. The molecule has 1 aliphatic carbocycles. The van der Waals surface area contributed by atoms with Gasteiger partial charge in [0.25, 0.3) is 0 Å². The van der Waals surface area contributed by atoms with E-state index in [2.05, 4.69) is 0 Å². The van der Waals surface area contributed by atoms with E-state index in [1.54, 1.807) is 0 Å². The van der Waals surface area contributed by atoms with Crippen LogP contribution in [0.4, 0.5) is 0 Å². The lowest BCUT2D eigenvalue weighted by Gasteiger charge is -2.49. The van der Waals surface area contributed by atoms with E-state index in [4.69, 9.17) is 46.7 Å². The van der Waals surface area contributed by atoms with Gasteiger partial charge in [0.2, 0.25) is 0 Å². The van der Waals surface area contributed by atoms with E-state index in [1.165, 1.54) is 6.92 Å². The summed E-state index contributed by atoms with van der Waals surface area (Å²) in [6.45, 7) is 1.14. The molecule has 0 saturated heterocycles. The largest absolute Gasteiger partial charge is 0.475 e. The summed E-state index contributed by atoms with van der Waals surface area (Å²) >= 11 is 0. The van der Waals surface area contributed by atoms with E-state index in [0.717, 1.165) is 33.4 Å². The molecule has 0 amide bonds. The molecule has 12 nitrogen and oxygen atoms in total. The SMILES string of the molecule is CC(=O)OC1[C@H](OCOCc2ccccc2)[C@H](OCc2ccccc2)C(OP(=O)(OCc2ccccc2)OCc2ccccc2)[C@H](OCc2ccccc2)[C@H]1OCOCc1ccccc1. The van der Waals surface area contributed by atoms with Crippen molar-refractivity contribution in [3.8, 4) is 0 Å². The molecule has 1 aliphatic rings. The monoisotopic (exact) mass is 902 g/mol. The number of rotatable bonds is 25. The molecule has 0 spiro atoms. The van der Waals surface area contributed by atoms with Crippen LogP contribution in [-0.2, 0) is 95.7 Å². The Morgan fingerprint density at radius 1 is 0.385 bits per heavy atom. The Hall–Kier alpha value is -5.34. The van der Waals surface area contributed by atoms with Gasteiger partial charge in [-0.1, -0.05) is 182 Å². The summed E-state index contributed by atoms with van der Waals surface area (Å²) in [5, 5.41) is 0. The zero-order valence-corrected chi connectivity index (χ0v) is 37.2. The fraction of sp³-hybridized carbons (Fsp3) is 0.288. The van der Waals surface area contributed by atoms with Gasteiger partial charge in [0.1, 0.15) is 44.1 Å². The smallest absolute Gasteiger partial charge is 0.457 e. The predicted molar refractivity (Wildman–Crippen MR) is 242 cm³/mol. The average molecular weight is 903 g/mol. The van der Waals surface area contributed by atoms with Crippen LogP contribution in [0.5, 0.6) is 0 Å². The van der Waals surface area contributed by atoms with Crippen LogP contribution in [-0.4, -0.2) is 56.2 Å². The van der Waals surface area contributed by atoms with Gasteiger partial charge < -0.3 is 33.2 Å². The molecule has 6 atom stereocenters. The number of hydrogen-bond donors (Lipinski definition) is 0. The quantitative estimate of drug-likeness (QED) is 0.0235. The van der Waals surface area contributed by atoms with Crippen LogP contribution in [0.1, 0.15) is 40.3 Å². The standard InChI is InChI=1S/C52H55O12P/c1-40(53)63-51-47(59-38-55-32-41-20-8-2-9-21-41)49(57-34-43-24-12-4-13-25-43)52(64-65(54,61-36-45-28-16-6-17-29-45)62-37-46-30-18-7-19-31-46)50(58-35-44-26-14-5-15-27-44)48(51)60-39-56-33-42-22-10-3-11-23-42/h2-31,47-52H,32-39H2,1H3/t47-,48-,49-,50+,51?,52?/m1/s1. The zero-order chi connectivity index (χ0) is 44.9. The molecule has 2 unspecified atom stereocenters. The van der Waals surface area contributed by atoms with Crippen molar-refractivity contribution in [2.45, 2.75) is 83.2 Å². The Bertz CT molecular complexity index is 2140. The summed E-state index contributed by atoms with van der Waals surface area (Å²) in [6.07, 6.45) is -7.15. The maximum Gasteiger partial charge on any atom is 0.475 e. The second-order valence-corrected chi connectivity index (χ2v) is 16.9. The van der Waals surface area contributed by atoms with Crippen molar-refractivity contribution in [1.29, 1.82) is 0 Å². The Morgan fingerprint density at radius 2 is 0.677 bits per heavy atom. The minimum absolute atomic E-state index is 0.0556. The number of carbonyl (C=O) groups excluding carboxylic acids is 1. The first kappa shape index (κ1) is 47.6. The minimum Gasteiger partial charge on any atom is -0.457 e. The second kappa shape index (κ2) is 25.4. The van der Waals surface area contributed by atoms with Gasteiger partial charge in [0.15, 0.2) is 6.10 Å². The molecule has 0 N–H and O–H groups in total. The summed E-state index contributed by atoms with van der Waals surface area (Å²) in [6, 6.07) is 56.9. The van der Waals surface area contributed by atoms with Crippen LogP contribution in [0.25, 0.3) is 0 Å². The van der Waals surface area contributed by atoms with Crippen molar-refractivity contribution >= 4 is 13.8 Å². The van der Waals surface area contributed by atoms with Crippen LogP contribution in [0.15, 0.2) is 182 Å². The first-order valence-corrected chi connectivity index (χ1v) is 23.0. The van der Waals surface area contributed by atoms with Crippen LogP contribution >= 0.6 is 7.82 Å². The molecule has 1 saturated carbocycles. The van der Waals surface area contributed by atoms with Gasteiger partial charge in [-0.15, -0.1) is 0 Å². The number of hydrogen-bond acceptors (Lipinski definition) is 12. The van der Waals surface area contributed by atoms with Crippen LogP contribution in [0.2, 0.25) is 0 Å². The molecule has 6 aromatic carbocycles. The maximum absolute atomic E-state index is 15.4. The van der Waals surface area contributed by atoms with Crippen molar-refractivity contribution in [1.82, 2.24) is 0 Å². The first-order valence-electron chi connectivity index (χ1n) is 21.5. The molecular formula is C52H55O12P. The molecule has 0 radical (unpaired) electrons. The molecule has 65 heavy (non-hydrogen) atoms. The third-order valence-corrected chi connectivity index (χ3v) is 11.8. The van der Waals surface area contributed by atoms with Gasteiger partial charge in [-0.3, -0.25) is 18.4 Å². The van der Waals surface area contributed by atoms with Crippen molar-refractivity contribution in [3.05, 3.63) is 215 Å². The van der Waals surface area contributed by atoms with Gasteiger partial charge in [-0.05, 0) is 33.4 Å². The molecule has 0 bridgehead atoms. The van der Waals surface area contributed by atoms with Crippen molar-refractivity contribution in [2.75, 3.05) is 13.6 Å². The summed E-state index contributed by atoms with van der Waals surface area (Å²) < 4.78 is 79.6. The average Bonchev–Trinajstić information content (AvgIpc) is 3.35. The molecular weight excluding hydrogens is 848 g/mol. The van der Waals surface area contributed by atoms with Crippen molar-refractivity contribution in [2.24, 2.45) is 0 Å². The van der Waals surface area contributed by atoms with Crippen LogP contribution < -0.4 is 0 Å². The highest BCUT2D eigenvalue weighted by molar-refractivity contribution is 7.48. The lowest BCUT2D eigenvalue weighted by molar-refractivity contribution is -0.291. The molecule has 0 heterocycles. The molecule has 13 heteroatoms. The highest BCUT2D eigenvalue weighted by Crippen LogP contribution is 2.54. The third-order valence-electron chi connectivity index (χ3n) is 10.4. The highest BCUT2D eigenvalue weighted by atomic mass is 31.2. The summed E-state index contributed by atoms with van der Waals surface area (Å²) in [4.78, 5) is 13.2. The Labute approximate surface area is 380 Å². The van der Waals surface area contributed by atoms with Gasteiger partial charge >= 0.3 is 13.8 Å². The topological polar surface area (TPSA) is 126 Å². The highest BCUT2D eigenvalue weighted by Gasteiger charge is 2.58. The van der Waals surface area contributed by atoms with Gasteiger partial charge in [0.05, 0.1) is 39.6 Å². The molecule has 0 aromatic heterocycles. The molecule has 0 aliphatic heterocycles. The van der Waals surface area contributed by atoms with E-state index in [0.29, 0.717) is 0 Å². The Kier molecular flexibility index (Phi) is 18.6. The predicted octanol–water partition coefficient (Wildman–Crippen LogP) is 10.1. The van der Waals surface area contributed by atoms with Gasteiger partial charge in [-0.2, -0.15) is 0 Å². The van der Waals surface area contributed by atoms with E-state index < -0.39 is 50.4 Å². The maximum atomic E-state index is 15.4. The molecule has 7 rings (SSSR count).